The second-order valence-electron chi connectivity index (χ2n) is 8.56. The van der Waals surface area contributed by atoms with Gasteiger partial charge in [-0.05, 0) is 43.5 Å². The molecule has 4 aromatic rings. The summed E-state index contributed by atoms with van der Waals surface area (Å²) in [5.74, 6) is 0.143. The zero-order chi connectivity index (χ0) is 24.4. The van der Waals surface area contributed by atoms with E-state index in [1.54, 1.807) is 30.1 Å². The maximum Gasteiger partial charge on any atom is 0.254 e. The number of likely N-dealkylation sites (tertiary alicyclic amines) is 1. The fourth-order valence-electron chi connectivity index (χ4n) is 4.74. The van der Waals surface area contributed by atoms with Crippen LogP contribution in [0.4, 0.5) is 0 Å². The first-order valence-electron chi connectivity index (χ1n) is 11.6. The van der Waals surface area contributed by atoms with Crippen molar-refractivity contribution in [3.63, 3.8) is 0 Å². The SMILES string of the molecule is COc1ccccc1Cc1cc(C(=O)N2CCCC[C@@H]2c2ccnc3c(C(N)=O)cnn23)ccn1. The van der Waals surface area contributed by atoms with Crippen LogP contribution >= 0.6 is 0 Å². The van der Waals surface area contributed by atoms with Gasteiger partial charge in [0.1, 0.15) is 11.3 Å². The summed E-state index contributed by atoms with van der Waals surface area (Å²) in [6.07, 6.45) is 7.98. The van der Waals surface area contributed by atoms with Crippen molar-refractivity contribution in [3.8, 4) is 5.75 Å². The van der Waals surface area contributed by atoms with E-state index in [-0.39, 0.29) is 17.5 Å². The summed E-state index contributed by atoms with van der Waals surface area (Å²) in [5.41, 5.74) is 9.32. The molecule has 178 valence electrons. The number of carbonyl (C=O) groups is 2. The van der Waals surface area contributed by atoms with Gasteiger partial charge < -0.3 is 15.4 Å². The molecule has 0 radical (unpaired) electrons. The third-order valence-electron chi connectivity index (χ3n) is 6.43. The molecule has 1 saturated heterocycles. The molecule has 9 heteroatoms. The molecule has 0 unspecified atom stereocenters. The number of fused-ring (bicyclic) bond motifs is 1. The maximum absolute atomic E-state index is 13.7. The monoisotopic (exact) mass is 470 g/mol. The molecule has 3 aromatic heterocycles. The Kier molecular flexibility index (Phi) is 6.13. The van der Waals surface area contributed by atoms with Gasteiger partial charge in [0.25, 0.3) is 11.8 Å². The van der Waals surface area contributed by atoms with Crippen LogP contribution in [0.15, 0.2) is 61.1 Å². The molecule has 1 aliphatic heterocycles. The van der Waals surface area contributed by atoms with Crippen molar-refractivity contribution < 1.29 is 14.3 Å². The number of piperidine rings is 1. The van der Waals surface area contributed by atoms with Gasteiger partial charge in [-0.2, -0.15) is 5.10 Å². The number of amides is 2. The van der Waals surface area contributed by atoms with E-state index in [0.717, 1.165) is 42.0 Å². The molecule has 1 aromatic carbocycles. The molecule has 0 saturated carbocycles. The number of methoxy groups -OCH3 is 1. The third-order valence-corrected chi connectivity index (χ3v) is 6.43. The van der Waals surface area contributed by atoms with E-state index < -0.39 is 5.91 Å². The largest absolute Gasteiger partial charge is 0.496 e. The maximum atomic E-state index is 13.7. The van der Waals surface area contributed by atoms with Crippen LogP contribution in [0.25, 0.3) is 5.65 Å². The van der Waals surface area contributed by atoms with Gasteiger partial charge in [0.05, 0.1) is 25.0 Å². The highest BCUT2D eigenvalue weighted by atomic mass is 16.5. The first-order chi connectivity index (χ1) is 17.1. The lowest BCUT2D eigenvalue weighted by atomic mass is 9.97. The number of rotatable bonds is 6. The van der Waals surface area contributed by atoms with E-state index >= 15 is 0 Å². The number of nitrogens with two attached hydrogens (primary N) is 1. The van der Waals surface area contributed by atoms with Gasteiger partial charge >= 0.3 is 0 Å². The number of pyridine rings is 1. The second-order valence-corrected chi connectivity index (χ2v) is 8.56. The van der Waals surface area contributed by atoms with E-state index in [9.17, 15) is 9.59 Å². The van der Waals surface area contributed by atoms with Gasteiger partial charge in [-0.1, -0.05) is 18.2 Å². The first kappa shape index (κ1) is 22.5. The summed E-state index contributed by atoms with van der Waals surface area (Å²) in [7, 11) is 1.64. The Bertz CT molecular complexity index is 1400. The van der Waals surface area contributed by atoms with Crippen LogP contribution in [0.1, 0.15) is 63.0 Å². The average Bonchev–Trinajstić information content (AvgIpc) is 3.34. The minimum atomic E-state index is -0.583. The van der Waals surface area contributed by atoms with E-state index in [4.69, 9.17) is 10.5 Å². The van der Waals surface area contributed by atoms with Gasteiger partial charge in [0.15, 0.2) is 5.65 Å². The van der Waals surface area contributed by atoms with Crippen LogP contribution in [0, 0.1) is 0 Å². The van der Waals surface area contributed by atoms with Crippen LogP contribution in [-0.2, 0) is 6.42 Å². The van der Waals surface area contributed by atoms with Crippen molar-refractivity contribution in [2.75, 3.05) is 13.7 Å². The van der Waals surface area contributed by atoms with E-state index in [1.165, 1.54) is 6.20 Å². The van der Waals surface area contributed by atoms with E-state index in [0.29, 0.717) is 24.2 Å². The number of aromatic nitrogens is 4. The first-order valence-corrected chi connectivity index (χ1v) is 11.6. The third kappa shape index (κ3) is 4.32. The van der Waals surface area contributed by atoms with Crippen molar-refractivity contribution in [3.05, 3.63) is 89.1 Å². The van der Waals surface area contributed by atoms with Crippen LogP contribution in [-0.4, -0.2) is 50.0 Å². The molecule has 35 heavy (non-hydrogen) atoms. The lowest BCUT2D eigenvalue weighted by Crippen LogP contribution is -2.39. The minimum Gasteiger partial charge on any atom is -0.496 e. The number of hydrogen-bond acceptors (Lipinski definition) is 6. The molecule has 1 atom stereocenters. The molecule has 0 spiro atoms. The molecule has 0 aliphatic carbocycles. The van der Waals surface area contributed by atoms with Crippen molar-refractivity contribution in [2.45, 2.75) is 31.7 Å². The minimum absolute atomic E-state index is 0.0642. The molecular formula is C26H26N6O3. The zero-order valence-electron chi connectivity index (χ0n) is 19.4. The molecule has 1 fully saturated rings. The fraction of sp³-hybridized carbons (Fsp3) is 0.269. The Morgan fingerprint density at radius 2 is 1.94 bits per heavy atom. The lowest BCUT2D eigenvalue weighted by Gasteiger charge is -2.36. The number of benzene rings is 1. The lowest BCUT2D eigenvalue weighted by molar-refractivity contribution is 0.0602. The van der Waals surface area contributed by atoms with Crippen molar-refractivity contribution in [2.24, 2.45) is 5.73 Å². The van der Waals surface area contributed by atoms with Crippen LogP contribution in [0.5, 0.6) is 5.75 Å². The highest BCUT2D eigenvalue weighted by Crippen LogP contribution is 2.32. The van der Waals surface area contributed by atoms with Gasteiger partial charge in [-0.3, -0.25) is 14.6 Å². The molecule has 5 rings (SSSR count). The number of hydrogen-bond donors (Lipinski definition) is 1. The molecule has 4 heterocycles. The second kappa shape index (κ2) is 9.54. The van der Waals surface area contributed by atoms with E-state index in [1.807, 2.05) is 41.3 Å². The molecule has 2 N–H and O–H groups in total. The Hall–Kier alpha value is -4.27. The normalized spacial score (nSPS) is 15.8. The zero-order valence-corrected chi connectivity index (χ0v) is 19.4. The standard InChI is InChI=1S/C26H26N6O3/c1-35-23-8-3-2-6-17(23)14-19-15-18(9-11-28-19)26(34)31-13-5-4-7-21(31)22-10-12-29-25-20(24(27)33)16-30-32(22)25/h2-3,6,8-12,15-16,21H,4-5,7,13-14H2,1H3,(H2,27,33)/t21-/m1/s1. The number of carbonyl (C=O) groups excluding carboxylic acids is 2. The fourth-order valence-corrected chi connectivity index (χ4v) is 4.74. The van der Waals surface area contributed by atoms with Gasteiger partial charge in [-0.15, -0.1) is 0 Å². The van der Waals surface area contributed by atoms with Gasteiger partial charge in [0, 0.05) is 42.2 Å². The molecule has 2 amide bonds. The smallest absolute Gasteiger partial charge is 0.254 e. The van der Waals surface area contributed by atoms with Gasteiger partial charge in [0.2, 0.25) is 0 Å². The molecular weight excluding hydrogens is 444 g/mol. The number of para-hydroxylation sites is 1. The van der Waals surface area contributed by atoms with Crippen molar-refractivity contribution in [1.29, 1.82) is 0 Å². The van der Waals surface area contributed by atoms with E-state index in [2.05, 4.69) is 15.1 Å². The summed E-state index contributed by atoms with van der Waals surface area (Å²) in [6.45, 7) is 0.626. The van der Waals surface area contributed by atoms with Crippen molar-refractivity contribution >= 4 is 17.5 Å². The summed E-state index contributed by atoms with van der Waals surface area (Å²) >= 11 is 0. The Balaban J connectivity index is 1.46. The summed E-state index contributed by atoms with van der Waals surface area (Å²) in [6, 6.07) is 13.0. The Morgan fingerprint density at radius 3 is 2.77 bits per heavy atom. The predicted molar refractivity (Wildman–Crippen MR) is 129 cm³/mol. The quantitative estimate of drug-likeness (QED) is 0.463. The molecule has 0 bridgehead atoms. The highest BCUT2D eigenvalue weighted by molar-refractivity contribution is 5.98. The number of ether oxygens (including phenoxy) is 1. The summed E-state index contributed by atoms with van der Waals surface area (Å²) in [4.78, 5) is 36.1. The summed E-state index contributed by atoms with van der Waals surface area (Å²) in [5, 5.41) is 4.35. The van der Waals surface area contributed by atoms with Crippen molar-refractivity contribution in [1.82, 2.24) is 24.5 Å². The molecule has 9 nitrogen and oxygen atoms in total. The Morgan fingerprint density at radius 1 is 1.11 bits per heavy atom. The Labute approximate surface area is 202 Å². The van der Waals surface area contributed by atoms with Crippen LogP contribution < -0.4 is 10.5 Å². The molecule has 1 aliphatic rings. The van der Waals surface area contributed by atoms with Crippen LogP contribution in [0.2, 0.25) is 0 Å². The van der Waals surface area contributed by atoms with Gasteiger partial charge in [-0.25, -0.2) is 9.50 Å². The predicted octanol–water partition coefficient (Wildman–Crippen LogP) is 3.19. The number of primary amides is 1. The summed E-state index contributed by atoms with van der Waals surface area (Å²) < 4.78 is 7.08. The number of nitrogens with zero attached hydrogens (tertiary/aromatic N) is 5. The topological polar surface area (TPSA) is 116 Å². The average molecular weight is 471 g/mol. The highest BCUT2D eigenvalue weighted by Gasteiger charge is 2.31. The van der Waals surface area contributed by atoms with Crippen LogP contribution in [0.3, 0.4) is 0 Å².